The third kappa shape index (κ3) is 10.7. The van der Waals surface area contributed by atoms with E-state index in [1.807, 2.05) is 0 Å². The molecule has 4 bridgehead atoms. The molecule has 76 heavy (non-hydrogen) atoms. The first-order chi connectivity index (χ1) is 36.7. The molecule has 4 nitrogen and oxygen atoms in total. The minimum atomic E-state index is -6.00. The van der Waals surface area contributed by atoms with Crippen LogP contribution in [0.4, 0.5) is 17.3 Å². The predicted molar refractivity (Wildman–Crippen MR) is 307 cm³/mol. The summed E-state index contributed by atoms with van der Waals surface area (Å²) >= 11 is 0. The second-order valence-corrected chi connectivity index (χ2v) is 21.8. The van der Waals surface area contributed by atoms with Crippen LogP contribution in [0.1, 0.15) is 47.9 Å². The van der Waals surface area contributed by atoms with Gasteiger partial charge in [0.25, 0.3) is 16.0 Å². The van der Waals surface area contributed by atoms with Gasteiger partial charge in [-0.25, -0.2) is 0 Å². The fourth-order valence-corrected chi connectivity index (χ4v) is 13.8. The van der Waals surface area contributed by atoms with Crippen LogP contribution < -0.4 is 0 Å². The molecule has 0 aliphatic heterocycles. The van der Waals surface area contributed by atoms with E-state index in [2.05, 4.69) is 206 Å². The van der Waals surface area contributed by atoms with Crippen molar-refractivity contribution in [3.8, 4) is 10.6 Å². The van der Waals surface area contributed by atoms with Crippen LogP contribution >= 0.6 is 16.0 Å². The normalized spacial score (nSPS) is 14.3. The molecule has 0 unspecified atom stereocenters. The molecule has 17 rings (SSSR count). The van der Waals surface area contributed by atoms with E-state index in [1.54, 1.807) is 0 Å². The smallest absolute Gasteiger partial charge is 0.418 e. The average molecular weight is 1130 g/mol. The van der Waals surface area contributed by atoms with Crippen molar-refractivity contribution in [3.05, 3.63) is 229 Å². The second kappa shape index (κ2) is 22.3. The van der Waals surface area contributed by atoms with Gasteiger partial charge in [0.1, 0.15) is 22.3 Å². The van der Waals surface area contributed by atoms with E-state index in [-0.39, 0.29) is 19.5 Å². The monoisotopic (exact) mass is 1130 g/mol. The molecule has 0 amide bonds. The van der Waals surface area contributed by atoms with Crippen LogP contribution in [-0.4, -0.2) is 7.25 Å². The first kappa shape index (κ1) is 51.1. The fourth-order valence-electron chi connectivity index (χ4n) is 10.6. The summed E-state index contributed by atoms with van der Waals surface area (Å²) in [6.45, 7) is 0. The molecule has 0 atom stereocenters. The maximum atomic E-state index is 9.75. The number of aryl methyl sites for hydroxylation is 4. The Kier molecular flexibility index (Phi) is 15.0. The van der Waals surface area contributed by atoms with Crippen molar-refractivity contribution in [1.82, 2.24) is 0 Å². The maximum absolute atomic E-state index is 9.75. The Balaban J connectivity index is 0.000000391. The van der Waals surface area contributed by atoms with Crippen LogP contribution in [0.25, 0.3) is 97.6 Å². The molecule has 2 heterocycles. The van der Waals surface area contributed by atoms with Gasteiger partial charge in [0.15, 0.2) is 0 Å². The second-order valence-electron chi connectivity index (χ2n) is 19.0. The van der Waals surface area contributed by atoms with Crippen molar-refractivity contribution in [2.24, 2.45) is 0 Å². The van der Waals surface area contributed by atoms with Crippen LogP contribution in [0.3, 0.4) is 0 Å². The first-order valence-electron chi connectivity index (χ1n) is 25.5. The van der Waals surface area contributed by atoms with Crippen LogP contribution in [0.2, 0.25) is 0 Å². The summed E-state index contributed by atoms with van der Waals surface area (Å²) in [4.78, 5) is 0. The molecule has 10 aromatic carbocycles. The third-order valence-electron chi connectivity index (χ3n) is 14.2. The number of fused-ring (bicyclic) bond motifs is 14. The Bertz CT molecular complexity index is 3820. The van der Waals surface area contributed by atoms with Crippen LogP contribution in [0, 0.1) is 0 Å². The van der Waals surface area contributed by atoms with Crippen molar-refractivity contribution in [2.75, 3.05) is 0 Å². The number of benzene rings is 10. The minimum Gasteiger partial charge on any atom is -0.418 e. The van der Waals surface area contributed by atoms with Gasteiger partial charge < -0.3 is 34.0 Å². The average Bonchev–Trinajstić information content (AvgIpc) is 3.70. The van der Waals surface area contributed by atoms with Gasteiger partial charge in [-0.1, -0.05) is 170 Å². The molecule has 0 fully saturated rings. The van der Waals surface area contributed by atoms with Gasteiger partial charge in [0, 0.05) is 41.0 Å². The quantitative estimate of drug-likeness (QED) is 0.0983. The molecule has 381 valence electrons. The molecular weight excluding hydrogens is 1080 g/mol. The Labute approximate surface area is 451 Å². The molecule has 5 aliphatic carbocycles. The van der Waals surface area contributed by atoms with Crippen molar-refractivity contribution in [3.63, 3.8) is 0 Å². The van der Waals surface area contributed by atoms with Gasteiger partial charge in [0.05, 0.1) is 10.6 Å². The summed E-state index contributed by atoms with van der Waals surface area (Å²) in [5, 5.41) is 16.0. The fraction of sp³-hybridized carbons (Fsp3) is 0.125. The predicted octanol–water partition coefficient (Wildman–Crippen LogP) is 21.3. The zero-order valence-electron chi connectivity index (χ0n) is 41.2. The molecule has 12 heteroatoms. The van der Waals surface area contributed by atoms with Gasteiger partial charge in [-0.15, -0.1) is 0 Å². The topological polar surface area (TPSA) is 52.6 Å². The Morgan fingerprint density at radius 1 is 0.329 bits per heavy atom. The summed E-state index contributed by atoms with van der Waals surface area (Å²) in [7, 11) is -9.04. The van der Waals surface area contributed by atoms with Crippen molar-refractivity contribution in [2.45, 2.75) is 51.4 Å². The Morgan fingerprint density at radius 2 is 0.605 bits per heavy atom. The zero-order chi connectivity index (χ0) is 50.9. The largest absolute Gasteiger partial charge is 0.673 e. The van der Waals surface area contributed by atoms with Crippen LogP contribution in [0.5, 0.6) is 0 Å². The van der Waals surface area contributed by atoms with Crippen LogP contribution in [0.15, 0.2) is 223 Å². The molecular formula is C64H50BF4O4P2Rh-. The summed E-state index contributed by atoms with van der Waals surface area (Å²) in [6.07, 6.45) is 17.4. The van der Waals surface area contributed by atoms with Gasteiger partial charge in [-0.2, -0.15) is 0 Å². The number of halogens is 4. The van der Waals surface area contributed by atoms with Crippen LogP contribution in [-0.2, 0) is 45.2 Å². The molecule has 1 radical (unpaired) electrons. The maximum Gasteiger partial charge on any atom is 0.673 e. The Morgan fingerprint density at radius 3 is 0.895 bits per heavy atom. The van der Waals surface area contributed by atoms with Crippen molar-refractivity contribution >= 4 is 110 Å². The molecule has 5 aliphatic rings. The van der Waals surface area contributed by atoms with Crippen molar-refractivity contribution in [1.29, 1.82) is 0 Å². The summed E-state index contributed by atoms with van der Waals surface area (Å²) in [5.74, 6) is 0. The number of allylic oxidation sites excluding steroid dienone is 4. The Hall–Kier alpha value is -7.07. The number of hydrogen-bond donors (Lipinski definition) is 0. The molecule has 0 N–H and O–H groups in total. The van der Waals surface area contributed by atoms with E-state index >= 15 is 0 Å². The van der Waals surface area contributed by atoms with Gasteiger partial charge in [-0.3, -0.25) is 0 Å². The minimum absolute atomic E-state index is 0. The zero-order valence-corrected chi connectivity index (χ0v) is 44.7. The van der Waals surface area contributed by atoms with E-state index in [9.17, 15) is 17.3 Å². The van der Waals surface area contributed by atoms with Gasteiger partial charge >= 0.3 is 7.25 Å². The molecule has 0 saturated heterocycles. The SMILES string of the molecule is C1=C\CC/C=C\CC/1.F[B-](F)(F)F.[Rh].c1ccc2c(c1)ccc1op(-c3cc4ccc3CCc3ccc(c(-p5oc6ccc7ccccc7c6c6c(ccc7ccccc76)o5)c3)CC4)oc3ccc4ccccc4c3c12. The summed E-state index contributed by atoms with van der Waals surface area (Å²) in [6, 6.07) is 65.5. The van der Waals surface area contributed by atoms with Gasteiger partial charge in [0.2, 0.25) is 0 Å². The molecule has 0 spiro atoms. The van der Waals surface area contributed by atoms with E-state index in [0.29, 0.717) is 0 Å². The third-order valence-corrected chi connectivity index (χ3v) is 17.2. The molecule has 12 aromatic rings. The summed E-state index contributed by atoms with van der Waals surface area (Å²) < 4.78 is 67.5. The van der Waals surface area contributed by atoms with E-state index < -0.39 is 23.3 Å². The molecule has 2 aromatic heterocycles. The van der Waals surface area contributed by atoms with Gasteiger partial charge in [-0.05, 0) is 153 Å². The standard InChI is InChI=1S/C56H38O4P2.C8H12.BF4.Rh/c1-5-13-43-37(9-1)25-29-47-53(43)54-44-14-6-2-10-38(44)26-30-48(54)58-61(57-47)51-33-35-17-21-41(51)23-19-36-18-22-42(24-20-35)52(34-36)62-59-49-31-27-39-11-3-7-15-45(39)55(49)56-46-16-8-4-12-40(46)28-32-50(56)60-62;1-2-4-6-8-7-5-3-1;2-1(3,4)5;/h1-18,21-22,25-34H,19-20,23-24H2;1-2,7-8H,3-6H2;;/q;;-1;/b;2-1-,8-7-;;. The van der Waals surface area contributed by atoms with E-state index in [4.69, 9.17) is 16.8 Å². The van der Waals surface area contributed by atoms with E-state index in [1.165, 1.54) is 69.5 Å². The first-order valence-corrected chi connectivity index (χ1v) is 27.9. The number of rotatable bonds is 2. The summed E-state index contributed by atoms with van der Waals surface area (Å²) in [5.41, 5.74) is 8.42. The van der Waals surface area contributed by atoms with Crippen molar-refractivity contribution < 1.29 is 53.5 Å². The molecule has 0 saturated carbocycles. The van der Waals surface area contributed by atoms with E-state index in [0.717, 1.165) is 102 Å². The number of hydrogen-bond acceptors (Lipinski definition) is 4.